The van der Waals surface area contributed by atoms with Crippen LogP contribution in [0.25, 0.3) is 0 Å². The molecule has 0 unspecified atom stereocenters. The zero-order valence-electron chi connectivity index (χ0n) is 9.86. The SMILES string of the molecule is CC(C)(CNC(=O)CCO)c1ccccc1. The van der Waals surface area contributed by atoms with E-state index in [0.29, 0.717) is 6.54 Å². The molecule has 3 heteroatoms. The highest BCUT2D eigenvalue weighted by atomic mass is 16.3. The number of hydrogen-bond acceptors (Lipinski definition) is 2. The highest BCUT2D eigenvalue weighted by molar-refractivity contribution is 5.76. The van der Waals surface area contributed by atoms with Gasteiger partial charge in [-0.25, -0.2) is 0 Å². The number of hydrogen-bond donors (Lipinski definition) is 2. The van der Waals surface area contributed by atoms with E-state index in [1.54, 1.807) is 0 Å². The number of nitrogens with one attached hydrogen (secondary N) is 1. The molecule has 1 rings (SSSR count). The highest BCUT2D eigenvalue weighted by Gasteiger charge is 2.20. The van der Waals surface area contributed by atoms with Crippen molar-refractivity contribution in [1.29, 1.82) is 0 Å². The third kappa shape index (κ3) is 3.66. The number of carbonyl (C=O) groups excluding carboxylic acids is 1. The highest BCUT2D eigenvalue weighted by Crippen LogP contribution is 2.21. The maximum Gasteiger partial charge on any atom is 0.222 e. The lowest BCUT2D eigenvalue weighted by atomic mass is 9.84. The molecule has 1 aromatic rings. The second-order valence-electron chi connectivity index (χ2n) is 4.50. The van der Waals surface area contributed by atoms with Crippen molar-refractivity contribution in [1.82, 2.24) is 5.32 Å². The first kappa shape index (κ1) is 12.7. The summed E-state index contributed by atoms with van der Waals surface area (Å²) in [6.07, 6.45) is 0.171. The molecular weight excluding hydrogens is 202 g/mol. The van der Waals surface area contributed by atoms with Gasteiger partial charge in [0.1, 0.15) is 0 Å². The van der Waals surface area contributed by atoms with E-state index in [9.17, 15) is 4.79 Å². The number of aliphatic hydroxyl groups is 1. The minimum Gasteiger partial charge on any atom is -0.396 e. The molecule has 2 N–H and O–H groups in total. The second kappa shape index (κ2) is 5.66. The lowest BCUT2D eigenvalue weighted by Gasteiger charge is -2.25. The van der Waals surface area contributed by atoms with Gasteiger partial charge in [-0.1, -0.05) is 44.2 Å². The van der Waals surface area contributed by atoms with E-state index in [1.165, 1.54) is 5.56 Å². The van der Waals surface area contributed by atoms with Gasteiger partial charge in [-0.05, 0) is 5.56 Å². The smallest absolute Gasteiger partial charge is 0.222 e. The average molecular weight is 221 g/mol. The molecule has 1 aromatic carbocycles. The Morgan fingerprint density at radius 1 is 1.31 bits per heavy atom. The van der Waals surface area contributed by atoms with E-state index in [1.807, 2.05) is 18.2 Å². The van der Waals surface area contributed by atoms with E-state index >= 15 is 0 Å². The van der Waals surface area contributed by atoms with Crippen LogP contribution in [0.4, 0.5) is 0 Å². The quantitative estimate of drug-likeness (QED) is 0.791. The van der Waals surface area contributed by atoms with Gasteiger partial charge in [-0.15, -0.1) is 0 Å². The molecule has 88 valence electrons. The van der Waals surface area contributed by atoms with Crippen LogP contribution in [0.15, 0.2) is 30.3 Å². The van der Waals surface area contributed by atoms with Gasteiger partial charge in [0.25, 0.3) is 0 Å². The molecule has 0 fully saturated rings. The zero-order chi connectivity index (χ0) is 12.0. The summed E-state index contributed by atoms with van der Waals surface area (Å²) in [4.78, 5) is 11.2. The minimum absolute atomic E-state index is 0.0909. The molecule has 16 heavy (non-hydrogen) atoms. The van der Waals surface area contributed by atoms with Gasteiger partial charge < -0.3 is 10.4 Å². The standard InChI is InChI=1S/C13H19NO2/c1-13(2,10-14-12(16)8-9-15)11-6-4-3-5-7-11/h3-7,15H,8-10H2,1-2H3,(H,14,16). The average Bonchev–Trinajstić information content (AvgIpc) is 2.28. The largest absolute Gasteiger partial charge is 0.396 e. The van der Waals surface area contributed by atoms with E-state index in [-0.39, 0.29) is 24.3 Å². The Morgan fingerprint density at radius 3 is 2.50 bits per heavy atom. The minimum atomic E-state index is -0.105. The van der Waals surface area contributed by atoms with E-state index in [2.05, 4.69) is 31.3 Å². The molecule has 0 atom stereocenters. The Morgan fingerprint density at radius 2 is 1.94 bits per heavy atom. The van der Waals surface area contributed by atoms with Crippen LogP contribution in [0.1, 0.15) is 25.8 Å². The second-order valence-corrected chi connectivity index (χ2v) is 4.50. The van der Waals surface area contributed by atoms with Gasteiger partial charge in [0.05, 0.1) is 6.61 Å². The van der Waals surface area contributed by atoms with Crippen LogP contribution in [0.5, 0.6) is 0 Å². The Bertz CT molecular complexity index is 333. The summed E-state index contributed by atoms with van der Waals surface area (Å²) in [5.41, 5.74) is 1.10. The summed E-state index contributed by atoms with van der Waals surface area (Å²) >= 11 is 0. The summed E-state index contributed by atoms with van der Waals surface area (Å²) in [6.45, 7) is 4.65. The number of amides is 1. The summed E-state index contributed by atoms with van der Waals surface area (Å²) in [5, 5.41) is 11.4. The molecule has 0 radical (unpaired) electrons. The van der Waals surface area contributed by atoms with E-state index in [0.717, 1.165) is 0 Å². The van der Waals surface area contributed by atoms with Crippen LogP contribution in [-0.2, 0) is 10.2 Å². The van der Waals surface area contributed by atoms with Crippen molar-refractivity contribution in [2.75, 3.05) is 13.2 Å². The number of carbonyl (C=O) groups is 1. The molecule has 0 aliphatic heterocycles. The van der Waals surface area contributed by atoms with Gasteiger partial charge in [0, 0.05) is 18.4 Å². The molecule has 0 bridgehead atoms. The van der Waals surface area contributed by atoms with Crippen LogP contribution in [-0.4, -0.2) is 24.2 Å². The monoisotopic (exact) mass is 221 g/mol. The summed E-state index contributed by atoms with van der Waals surface area (Å²) in [5.74, 6) is -0.105. The Kier molecular flexibility index (Phi) is 4.50. The van der Waals surface area contributed by atoms with Crippen LogP contribution >= 0.6 is 0 Å². The third-order valence-electron chi connectivity index (χ3n) is 2.62. The predicted molar refractivity (Wildman–Crippen MR) is 64.2 cm³/mol. The molecule has 1 amide bonds. The van der Waals surface area contributed by atoms with Crippen molar-refractivity contribution < 1.29 is 9.90 Å². The van der Waals surface area contributed by atoms with Crippen LogP contribution in [0.3, 0.4) is 0 Å². The first-order chi connectivity index (χ1) is 7.56. The number of benzene rings is 1. The van der Waals surface area contributed by atoms with Crippen molar-refractivity contribution in [2.45, 2.75) is 25.7 Å². The van der Waals surface area contributed by atoms with Gasteiger partial charge in [-0.2, -0.15) is 0 Å². The molecule has 0 saturated carbocycles. The third-order valence-corrected chi connectivity index (χ3v) is 2.62. The normalized spacial score (nSPS) is 11.2. The van der Waals surface area contributed by atoms with E-state index < -0.39 is 0 Å². The van der Waals surface area contributed by atoms with Crippen molar-refractivity contribution in [3.63, 3.8) is 0 Å². The van der Waals surface area contributed by atoms with Crippen molar-refractivity contribution in [3.05, 3.63) is 35.9 Å². The van der Waals surface area contributed by atoms with E-state index in [4.69, 9.17) is 5.11 Å². The Balaban J connectivity index is 2.55. The first-order valence-corrected chi connectivity index (χ1v) is 5.49. The maximum atomic E-state index is 11.2. The van der Waals surface area contributed by atoms with Crippen molar-refractivity contribution in [3.8, 4) is 0 Å². The topological polar surface area (TPSA) is 49.3 Å². The predicted octanol–water partition coefficient (Wildman–Crippen LogP) is 1.46. The molecular formula is C13H19NO2. The van der Waals surface area contributed by atoms with Gasteiger partial charge >= 0.3 is 0 Å². The molecule has 3 nitrogen and oxygen atoms in total. The lowest BCUT2D eigenvalue weighted by molar-refractivity contribution is -0.121. The maximum absolute atomic E-state index is 11.2. The molecule has 0 heterocycles. The van der Waals surface area contributed by atoms with Crippen molar-refractivity contribution in [2.24, 2.45) is 0 Å². The fourth-order valence-corrected chi connectivity index (χ4v) is 1.50. The molecule has 0 aliphatic rings. The van der Waals surface area contributed by atoms with Gasteiger partial charge in [0.15, 0.2) is 0 Å². The molecule has 0 spiro atoms. The molecule has 0 aliphatic carbocycles. The summed E-state index contributed by atoms with van der Waals surface area (Å²) in [6, 6.07) is 10.1. The fourth-order valence-electron chi connectivity index (χ4n) is 1.50. The summed E-state index contributed by atoms with van der Waals surface area (Å²) < 4.78 is 0. The van der Waals surface area contributed by atoms with Gasteiger partial charge in [0.2, 0.25) is 5.91 Å². The van der Waals surface area contributed by atoms with Crippen molar-refractivity contribution >= 4 is 5.91 Å². The molecule has 0 aromatic heterocycles. The number of rotatable bonds is 5. The molecule has 0 saturated heterocycles. The number of aliphatic hydroxyl groups excluding tert-OH is 1. The first-order valence-electron chi connectivity index (χ1n) is 5.49. The van der Waals surface area contributed by atoms with Crippen LogP contribution < -0.4 is 5.32 Å². The zero-order valence-corrected chi connectivity index (χ0v) is 9.86. The fraction of sp³-hybridized carbons (Fsp3) is 0.462. The Labute approximate surface area is 96.5 Å². The Hall–Kier alpha value is -1.35. The summed E-state index contributed by atoms with van der Waals surface area (Å²) in [7, 11) is 0. The lowest BCUT2D eigenvalue weighted by Crippen LogP contribution is -2.36. The van der Waals surface area contributed by atoms with Gasteiger partial charge in [-0.3, -0.25) is 4.79 Å². The van der Waals surface area contributed by atoms with Crippen LogP contribution in [0.2, 0.25) is 0 Å². The van der Waals surface area contributed by atoms with Crippen LogP contribution in [0, 0.1) is 0 Å².